The van der Waals surface area contributed by atoms with E-state index in [2.05, 4.69) is 56.7 Å². The molecule has 1 saturated heterocycles. The first-order chi connectivity index (χ1) is 14.2. The highest BCUT2D eigenvalue weighted by Crippen LogP contribution is 2.33. The van der Waals surface area contributed by atoms with Gasteiger partial charge in [-0.05, 0) is 32.3 Å². The largest absolute Gasteiger partial charge is 0.355 e. The fourth-order valence-corrected chi connectivity index (χ4v) is 3.84. The molecule has 0 aliphatic carbocycles. The molecule has 0 spiro atoms. The third kappa shape index (κ3) is 4.13. The van der Waals surface area contributed by atoms with Gasteiger partial charge in [0.15, 0.2) is 0 Å². The smallest absolute Gasteiger partial charge is 0.257 e. The van der Waals surface area contributed by atoms with Gasteiger partial charge in [0.2, 0.25) is 5.95 Å². The van der Waals surface area contributed by atoms with Gasteiger partial charge < -0.3 is 10.2 Å². The summed E-state index contributed by atoms with van der Waals surface area (Å²) in [6.07, 6.45) is 7.07. The van der Waals surface area contributed by atoms with Crippen molar-refractivity contribution in [3.05, 3.63) is 59.7 Å². The summed E-state index contributed by atoms with van der Waals surface area (Å²) in [6, 6.07) is 8.47. The molecule has 4 rings (SSSR count). The number of hydrogen-bond acceptors (Lipinski definition) is 5. The molecule has 1 atom stereocenters. The van der Waals surface area contributed by atoms with Gasteiger partial charge in [0.1, 0.15) is 0 Å². The van der Waals surface area contributed by atoms with Crippen molar-refractivity contribution in [2.75, 3.05) is 25.0 Å². The molecule has 0 saturated carbocycles. The van der Waals surface area contributed by atoms with Crippen LogP contribution in [0.4, 0.5) is 5.95 Å². The first-order valence-electron chi connectivity index (χ1n) is 10.1. The molecule has 1 aliphatic heterocycles. The van der Waals surface area contributed by atoms with Gasteiger partial charge in [-0.25, -0.2) is 9.97 Å². The Kier molecular flexibility index (Phi) is 5.55. The molecule has 3 aromatic rings. The maximum Gasteiger partial charge on any atom is 0.257 e. The number of hydrogen-bond donors (Lipinski definition) is 2. The Hall–Kier alpha value is -3.22. The Balaban J connectivity index is 1.51. The van der Waals surface area contributed by atoms with Crippen molar-refractivity contribution in [1.29, 1.82) is 0 Å². The van der Waals surface area contributed by atoms with Crippen LogP contribution < -0.4 is 5.32 Å². The summed E-state index contributed by atoms with van der Waals surface area (Å²) >= 11 is 0. The number of amides is 1. The monoisotopic (exact) mass is 390 g/mol. The van der Waals surface area contributed by atoms with Crippen molar-refractivity contribution in [3.63, 3.8) is 0 Å². The van der Waals surface area contributed by atoms with Crippen LogP contribution in [-0.2, 0) is 0 Å². The number of rotatable bonds is 5. The summed E-state index contributed by atoms with van der Waals surface area (Å²) in [4.78, 5) is 23.3. The second-order valence-electron chi connectivity index (χ2n) is 7.48. The van der Waals surface area contributed by atoms with Gasteiger partial charge in [0.05, 0.1) is 11.8 Å². The minimum absolute atomic E-state index is 0.0193. The normalized spacial score (nSPS) is 16.6. The SMILES string of the molecule is CCNc1ncc(C(=O)N2CCC[C@H](c3[nH]ncc3-c3ccc(C)cc3)C2)cn1. The fourth-order valence-electron chi connectivity index (χ4n) is 3.84. The zero-order chi connectivity index (χ0) is 20.2. The van der Waals surface area contributed by atoms with Crippen molar-refractivity contribution < 1.29 is 4.79 Å². The highest BCUT2D eigenvalue weighted by Gasteiger charge is 2.28. The number of benzene rings is 1. The van der Waals surface area contributed by atoms with Gasteiger partial charge in [-0.1, -0.05) is 29.8 Å². The Bertz CT molecular complexity index is 964. The van der Waals surface area contributed by atoms with Crippen molar-refractivity contribution in [2.45, 2.75) is 32.6 Å². The molecule has 2 aromatic heterocycles. The number of likely N-dealkylation sites (tertiary alicyclic amines) is 1. The van der Waals surface area contributed by atoms with Crippen molar-refractivity contribution in [1.82, 2.24) is 25.1 Å². The maximum absolute atomic E-state index is 13.0. The van der Waals surface area contributed by atoms with E-state index in [0.29, 0.717) is 18.1 Å². The minimum Gasteiger partial charge on any atom is -0.355 e. The summed E-state index contributed by atoms with van der Waals surface area (Å²) in [5.41, 5.74) is 5.12. The molecular weight excluding hydrogens is 364 g/mol. The van der Waals surface area contributed by atoms with Crippen LogP contribution in [-0.4, -0.2) is 50.6 Å². The lowest BCUT2D eigenvalue weighted by Crippen LogP contribution is -2.39. The molecule has 7 heteroatoms. The average Bonchev–Trinajstić information content (AvgIpc) is 3.25. The number of carbonyl (C=O) groups excluding carboxylic acids is 1. The van der Waals surface area contributed by atoms with Crippen molar-refractivity contribution >= 4 is 11.9 Å². The fraction of sp³-hybridized carbons (Fsp3) is 0.364. The van der Waals surface area contributed by atoms with E-state index in [1.165, 1.54) is 5.56 Å². The van der Waals surface area contributed by atoms with Crippen molar-refractivity contribution in [2.24, 2.45) is 0 Å². The van der Waals surface area contributed by atoms with Crippen LogP contribution in [0.2, 0.25) is 0 Å². The standard InChI is InChI=1S/C22H26N6O/c1-3-23-22-24-11-18(12-25-22)21(29)28-10-4-5-17(14-28)20-19(13-26-27-20)16-8-6-15(2)7-9-16/h6-9,11-13,17H,3-5,10,14H2,1-2H3,(H,26,27)(H,23,24,25)/t17-/m0/s1. The van der Waals surface area contributed by atoms with E-state index in [4.69, 9.17) is 0 Å². The number of aromatic nitrogens is 4. The number of piperidine rings is 1. The number of aromatic amines is 1. The Morgan fingerprint density at radius 2 is 1.97 bits per heavy atom. The molecule has 29 heavy (non-hydrogen) atoms. The first-order valence-corrected chi connectivity index (χ1v) is 10.1. The van der Waals surface area contributed by atoms with E-state index in [1.54, 1.807) is 12.4 Å². The van der Waals surface area contributed by atoms with E-state index in [1.807, 2.05) is 18.0 Å². The number of nitrogens with zero attached hydrogens (tertiary/aromatic N) is 4. The Morgan fingerprint density at radius 1 is 1.21 bits per heavy atom. The lowest BCUT2D eigenvalue weighted by molar-refractivity contribution is 0.0705. The molecule has 1 amide bonds. The van der Waals surface area contributed by atoms with Gasteiger partial charge in [0, 0.05) is 49.2 Å². The van der Waals surface area contributed by atoms with Gasteiger partial charge in [-0.3, -0.25) is 9.89 Å². The zero-order valence-electron chi connectivity index (χ0n) is 16.9. The number of nitrogens with one attached hydrogen (secondary N) is 2. The van der Waals surface area contributed by atoms with Gasteiger partial charge in [-0.15, -0.1) is 0 Å². The second kappa shape index (κ2) is 8.43. The quantitative estimate of drug-likeness (QED) is 0.695. The van der Waals surface area contributed by atoms with Crippen LogP contribution in [0.15, 0.2) is 42.9 Å². The number of aryl methyl sites for hydroxylation is 1. The number of carbonyl (C=O) groups is 1. The number of H-pyrrole nitrogens is 1. The predicted octanol–water partition coefficient (Wildman–Crippen LogP) is 3.63. The molecule has 0 unspecified atom stereocenters. The third-order valence-electron chi connectivity index (χ3n) is 5.38. The highest BCUT2D eigenvalue weighted by molar-refractivity contribution is 5.93. The van der Waals surface area contributed by atoms with Crippen LogP contribution in [0.5, 0.6) is 0 Å². The zero-order valence-corrected chi connectivity index (χ0v) is 16.9. The van der Waals surface area contributed by atoms with E-state index < -0.39 is 0 Å². The van der Waals surface area contributed by atoms with Gasteiger partial charge >= 0.3 is 0 Å². The van der Waals surface area contributed by atoms with Crippen LogP contribution in [0, 0.1) is 6.92 Å². The maximum atomic E-state index is 13.0. The van der Waals surface area contributed by atoms with Crippen LogP contribution in [0.1, 0.15) is 47.3 Å². The lowest BCUT2D eigenvalue weighted by atomic mass is 9.90. The molecule has 2 N–H and O–H groups in total. The molecule has 0 radical (unpaired) electrons. The molecule has 3 heterocycles. The molecule has 1 fully saturated rings. The molecule has 1 aliphatic rings. The summed E-state index contributed by atoms with van der Waals surface area (Å²) in [6.45, 7) is 6.22. The highest BCUT2D eigenvalue weighted by atomic mass is 16.2. The molecule has 0 bridgehead atoms. The van der Waals surface area contributed by atoms with Gasteiger partial charge in [-0.2, -0.15) is 5.10 Å². The van der Waals surface area contributed by atoms with E-state index in [9.17, 15) is 4.79 Å². The van der Waals surface area contributed by atoms with E-state index in [-0.39, 0.29) is 11.8 Å². The van der Waals surface area contributed by atoms with E-state index >= 15 is 0 Å². The van der Waals surface area contributed by atoms with E-state index in [0.717, 1.165) is 42.8 Å². The lowest BCUT2D eigenvalue weighted by Gasteiger charge is -2.32. The van der Waals surface area contributed by atoms with Crippen molar-refractivity contribution in [3.8, 4) is 11.1 Å². The molecule has 7 nitrogen and oxygen atoms in total. The Morgan fingerprint density at radius 3 is 2.69 bits per heavy atom. The van der Waals surface area contributed by atoms with Crippen LogP contribution in [0.3, 0.4) is 0 Å². The summed E-state index contributed by atoms with van der Waals surface area (Å²) in [5.74, 6) is 0.753. The minimum atomic E-state index is -0.0193. The first kappa shape index (κ1) is 19.1. The number of anilines is 1. The molecular formula is C22H26N6O. The third-order valence-corrected chi connectivity index (χ3v) is 5.38. The van der Waals surface area contributed by atoms with Gasteiger partial charge in [0.25, 0.3) is 5.91 Å². The van der Waals surface area contributed by atoms with Crippen LogP contribution >= 0.6 is 0 Å². The summed E-state index contributed by atoms with van der Waals surface area (Å²) in [7, 11) is 0. The second-order valence-corrected chi connectivity index (χ2v) is 7.48. The summed E-state index contributed by atoms with van der Waals surface area (Å²) < 4.78 is 0. The average molecular weight is 390 g/mol. The summed E-state index contributed by atoms with van der Waals surface area (Å²) in [5, 5.41) is 10.5. The predicted molar refractivity (Wildman–Crippen MR) is 113 cm³/mol. The topological polar surface area (TPSA) is 86.8 Å². The Labute approximate surface area is 170 Å². The molecule has 150 valence electrons. The molecule has 1 aromatic carbocycles. The van der Waals surface area contributed by atoms with Crippen LogP contribution in [0.25, 0.3) is 11.1 Å².